The minimum absolute atomic E-state index is 0.0127. The molecule has 4 amide bonds. The molecular formula is C25H36N6O5. The fraction of sp³-hybridized carbons (Fsp3) is 0.600. The number of benzene rings is 1. The third kappa shape index (κ3) is 6.21. The van der Waals surface area contributed by atoms with Gasteiger partial charge >= 0.3 is 0 Å². The third-order valence-electron chi connectivity index (χ3n) is 7.00. The second kappa shape index (κ2) is 12.3. The molecule has 1 aromatic carbocycles. The van der Waals surface area contributed by atoms with E-state index in [9.17, 15) is 24.3 Å². The van der Waals surface area contributed by atoms with E-state index in [1.807, 2.05) is 0 Å². The van der Waals surface area contributed by atoms with Crippen LogP contribution in [0.5, 0.6) is 0 Å². The Hall–Kier alpha value is -3.02. The van der Waals surface area contributed by atoms with Gasteiger partial charge in [-0.25, -0.2) is 0 Å². The number of unbranched alkanes of at least 4 members (excludes halogenated alkanes) is 3. The van der Waals surface area contributed by atoms with Crippen LogP contribution >= 0.6 is 0 Å². The average molecular weight is 501 g/mol. The number of anilines is 1. The maximum Gasteiger partial charge on any atom is 0.259 e. The van der Waals surface area contributed by atoms with Gasteiger partial charge in [-0.2, -0.15) is 0 Å². The van der Waals surface area contributed by atoms with Crippen molar-refractivity contribution >= 4 is 29.3 Å². The number of carbonyl (C=O) groups is 4. The number of aliphatic hydroxyl groups excluding tert-OH is 1. The molecular weight excluding hydrogens is 464 g/mol. The standard InChI is InChI=1S/C25H36N6O5/c32-20-9-8-19(23(34)29-20)31-24(35)17-6-5-7-18(22(17)25(31)36)28-16-21(33)27-10-3-1-2-4-13-30-14-11-26-12-15-30/h5-7,19,24,26,28,35H,1-4,8-16H2,(H,27,33)(H,29,32,34). The molecule has 0 radical (unpaired) electrons. The van der Waals surface area contributed by atoms with Gasteiger partial charge in [0.1, 0.15) is 6.04 Å². The quantitative estimate of drug-likeness (QED) is 0.210. The first-order valence-corrected chi connectivity index (χ1v) is 12.9. The number of hydrogen-bond acceptors (Lipinski definition) is 8. The predicted molar refractivity (Wildman–Crippen MR) is 133 cm³/mol. The molecule has 0 bridgehead atoms. The molecule has 5 N–H and O–H groups in total. The molecule has 0 aliphatic carbocycles. The van der Waals surface area contributed by atoms with Gasteiger partial charge < -0.3 is 26.0 Å². The summed E-state index contributed by atoms with van der Waals surface area (Å²) in [5, 5.41) is 22.2. The van der Waals surface area contributed by atoms with Crippen molar-refractivity contribution < 1.29 is 24.3 Å². The first kappa shape index (κ1) is 26.1. The molecule has 3 aliphatic heterocycles. The third-order valence-corrected chi connectivity index (χ3v) is 7.00. The van der Waals surface area contributed by atoms with Crippen molar-refractivity contribution in [3.8, 4) is 0 Å². The highest BCUT2D eigenvalue weighted by Crippen LogP contribution is 2.38. The molecule has 2 saturated heterocycles. The number of nitrogens with one attached hydrogen (secondary N) is 4. The number of fused-ring (bicyclic) bond motifs is 1. The Morgan fingerprint density at radius 3 is 2.64 bits per heavy atom. The number of amides is 4. The summed E-state index contributed by atoms with van der Waals surface area (Å²) >= 11 is 0. The summed E-state index contributed by atoms with van der Waals surface area (Å²) in [4.78, 5) is 52.8. The summed E-state index contributed by atoms with van der Waals surface area (Å²) in [5.41, 5.74) is 1.04. The van der Waals surface area contributed by atoms with E-state index < -0.39 is 30.0 Å². The van der Waals surface area contributed by atoms with E-state index in [0.717, 1.165) is 56.9 Å². The Labute approximate surface area is 211 Å². The zero-order valence-electron chi connectivity index (χ0n) is 20.6. The Balaban J connectivity index is 1.20. The van der Waals surface area contributed by atoms with E-state index in [2.05, 4.69) is 26.2 Å². The molecule has 2 atom stereocenters. The Kier molecular flexibility index (Phi) is 8.89. The topological polar surface area (TPSA) is 143 Å². The van der Waals surface area contributed by atoms with Crippen molar-refractivity contribution in [3.05, 3.63) is 29.3 Å². The van der Waals surface area contributed by atoms with E-state index in [1.54, 1.807) is 18.2 Å². The lowest BCUT2D eigenvalue weighted by Crippen LogP contribution is -2.53. The lowest BCUT2D eigenvalue weighted by molar-refractivity contribution is -0.139. The maximum absolute atomic E-state index is 13.2. The summed E-state index contributed by atoms with van der Waals surface area (Å²) in [6.07, 6.45) is 3.26. The van der Waals surface area contributed by atoms with Crippen LogP contribution in [0.25, 0.3) is 0 Å². The van der Waals surface area contributed by atoms with Gasteiger partial charge in [0.2, 0.25) is 17.7 Å². The molecule has 1 aromatic rings. The Morgan fingerprint density at radius 1 is 1.08 bits per heavy atom. The van der Waals surface area contributed by atoms with Gasteiger partial charge in [0.15, 0.2) is 6.23 Å². The van der Waals surface area contributed by atoms with Crippen LogP contribution in [0.3, 0.4) is 0 Å². The molecule has 2 fully saturated rings. The van der Waals surface area contributed by atoms with Crippen LogP contribution < -0.4 is 21.3 Å². The van der Waals surface area contributed by atoms with Crippen LogP contribution in [0, 0.1) is 0 Å². The first-order chi connectivity index (χ1) is 17.5. The normalized spacial score (nSPS) is 22.4. The molecule has 4 rings (SSSR count). The first-order valence-electron chi connectivity index (χ1n) is 12.9. The molecule has 3 aliphatic rings. The summed E-state index contributed by atoms with van der Waals surface area (Å²) in [7, 11) is 0. The lowest BCUT2D eigenvalue weighted by Gasteiger charge is -2.31. The largest absolute Gasteiger partial charge is 0.376 e. The van der Waals surface area contributed by atoms with Gasteiger partial charge in [-0.3, -0.25) is 29.4 Å². The van der Waals surface area contributed by atoms with Crippen molar-refractivity contribution in [1.29, 1.82) is 0 Å². The summed E-state index contributed by atoms with van der Waals surface area (Å²) in [6, 6.07) is 4.05. The van der Waals surface area contributed by atoms with Crippen LogP contribution in [0.4, 0.5) is 5.69 Å². The van der Waals surface area contributed by atoms with Crippen molar-refractivity contribution in [1.82, 2.24) is 25.8 Å². The zero-order chi connectivity index (χ0) is 25.5. The highest BCUT2D eigenvalue weighted by atomic mass is 16.3. The van der Waals surface area contributed by atoms with Crippen LogP contribution in [-0.2, 0) is 14.4 Å². The molecule has 2 unspecified atom stereocenters. The number of aliphatic hydroxyl groups is 1. The molecule has 36 heavy (non-hydrogen) atoms. The second-order valence-electron chi connectivity index (χ2n) is 9.53. The molecule has 11 heteroatoms. The Morgan fingerprint density at radius 2 is 1.86 bits per heavy atom. The van der Waals surface area contributed by atoms with Crippen molar-refractivity contribution in [2.45, 2.75) is 50.8 Å². The number of piperidine rings is 1. The monoisotopic (exact) mass is 500 g/mol. The highest BCUT2D eigenvalue weighted by molar-refractivity contribution is 6.08. The van der Waals surface area contributed by atoms with E-state index in [0.29, 0.717) is 17.8 Å². The molecule has 3 heterocycles. The minimum Gasteiger partial charge on any atom is -0.376 e. The molecule has 0 saturated carbocycles. The second-order valence-corrected chi connectivity index (χ2v) is 9.53. The summed E-state index contributed by atoms with van der Waals surface area (Å²) in [6.45, 7) is 6.09. The maximum atomic E-state index is 13.2. The summed E-state index contributed by atoms with van der Waals surface area (Å²) < 4.78 is 0. The lowest BCUT2D eigenvalue weighted by atomic mass is 10.0. The number of rotatable bonds is 11. The van der Waals surface area contributed by atoms with Gasteiger partial charge in [-0.05, 0) is 31.9 Å². The van der Waals surface area contributed by atoms with Crippen LogP contribution in [-0.4, -0.2) is 90.4 Å². The average Bonchev–Trinajstić information content (AvgIpc) is 3.13. The van der Waals surface area contributed by atoms with Crippen molar-refractivity contribution in [2.75, 3.05) is 51.1 Å². The van der Waals surface area contributed by atoms with Gasteiger partial charge in [-0.1, -0.05) is 25.0 Å². The summed E-state index contributed by atoms with van der Waals surface area (Å²) in [5.74, 6) is -1.67. The minimum atomic E-state index is -1.29. The molecule has 196 valence electrons. The highest BCUT2D eigenvalue weighted by Gasteiger charge is 2.45. The van der Waals surface area contributed by atoms with Crippen molar-refractivity contribution in [3.63, 3.8) is 0 Å². The van der Waals surface area contributed by atoms with Gasteiger partial charge in [0.05, 0.1) is 12.1 Å². The predicted octanol–water partition coefficient (Wildman–Crippen LogP) is -0.0678. The fourth-order valence-electron chi connectivity index (χ4n) is 5.04. The van der Waals surface area contributed by atoms with E-state index in [-0.39, 0.29) is 30.9 Å². The Bertz CT molecular complexity index is 980. The van der Waals surface area contributed by atoms with Gasteiger partial charge in [0.25, 0.3) is 5.91 Å². The van der Waals surface area contributed by atoms with E-state index >= 15 is 0 Å². The number of hydrogen-bond donors (Lipinski definition) is 5. The smallest absolute Gasteiger partial charge is 0.259 e. The number of piperazine rings is 1. The number of nitrogens with zero attached hydrogens (tertiary/aromatic N) is 2. The van der Waals surface area contributed by atoms with E-state index in [1.165, 1.54) is 6.42 Å². The van der Waals surface area contributed by atoms with Crippen LogP contribution in [0.15, 0.2) is 18.2 Å². The number of imide groups is 1. The van der Waals surface area contributed by atoms with E-state index in [4.69, 9.17) is 0 Å². The van der Waals surface area contributed by atoms with Crippen LogP contribution in [0.2, 0.25) is 0 Å². The number of carbonyl (C=O) groups excluding carboxylic acids is 4. The van der Waals surface area contributed by atoms with Crippen LogP contribution in [0.1, 0.15) is 60.7 Å². The van der Waals surface area contributed by atoms with Crippen molar-refractivity contribution in [2.24, 2.45) is 0 Å². The van der Waals surface area contributed by atoms with Gasteiger partial charge in [-0.15, -0.1) is 0 Å². The zero-order valence-corrected chi connectivity index (χ0v) is 20.6. The molecule has 0 aromatic heterocycles. The van der Waals surface area contributed by atoms with Gasteiger partial charge in [0, 0.05) is 50.4 Å². The molecule has 0 spiro atoms. The molecule has 11 nitrogen and oxygen atoms in total. The fourth-order valence-corrected chi connectivity index (χ4v) is 5.04. The SMILES string of the molecule is O=C(CNc1cccc2c1C(=O)N(C1CCC(=O)NC1=O)C2O)NCCCCCCN1CCNCC1.